The van der Waals surface area contributed by atoms with Crippen LogP contribution in [0.4, 0.5) is 17.1 Å². The van der Waals surface area contributed by atoms with Crippen molar-refractivity contribution in [3.05, 3.63) is 193 Å². The molecule has 0 bridgehead atoms. The fraction of sp³-hybridized carbons (Fsp3) is 0. The van der Waals surface area contributed by atoms with Gasteiger partial charge in [0.25, 0.3) is 0 Å². The SMILES string of the molecule is Clc1cc(-c2cc3c4ccccc4n(-c4ccccc4)c3c3c2sc2c(-c4ccccc4)cccc23)cc(N(c2ccccc2)c2ccccc2)c1. The molecular formula is C48H31ClN2S. The van der Waals surface area contributed by atoms with Crippen molar-refractivity contribution < 1.29 is 0 Å². The summed E-state index contributed by atoms with van der Waals surface area (Å²) in [6, 6.07) is 67.0. The summed E-state index contributed by atoms with van der Waals surface area (Å²) < 4.78 is 4.97. The van der Waals surface area contributed by atoms with Crippen LogP contribution < -0.4 is 4.90 Å². The molecule has 52 heavy (non-hydrogen) atoms. The van der Waals surface area contributed by atoms with Crippen LogP contribution in [-0.2, 0) is 0 Å². The molecule has 0 aliphatic carbocycles. The lowest BCUT2D eigenvalue weighted by molar-refractivity contribution is 1.19. The number of aromatic nitrogens is 1. The molecule has 2 nitrogen and oxygen atoms in total. The third-order valence-electron chi connectivity index (χ3n) is 9.98. The summed E-state index contributed by atoms with van der Waals surface area (Å²) in [6.07, 6.45) is 0. The highest BCUT2D eigenvalue weighted by Crippen LogP contribution is 2.50. The van der Waals surface area contributed by atoms with Gasteiger partial charge < -0.3 is 9.47 Å². The molecule has 246 valence electrons. The van der Waals surface area contributed by atoms with Crippen molar-refractivity contribution in [1.82, 2.24) is 4.57 Å². The Morgan fingerprint density at radius 2 is 1.06 bits per heavy atom. The first-order chi connectivity index (χ1) is 25.7. The van der Waals surface area contributed by atoms with E-state index in [0.29, 0.717) is 5.02 Å². The number of para-hydroxylation sites is 4. The Labute approximate surface area is 311 Å². The molecule has 0 saturated heterocycles. The van der Waals surface area contributed by atoms with Crippen molar-refractivity contribution in [3.63, 3.8) is 0 Å². The van der Waals surface area contributed by atoms with E-state index >= 15 is 0 Å². The molecule has 0 aliphatic heterocycles. The molecule has 0 atom stereocenters. The van der Waals surface area contributed by atoms with E-state index in [1.54, 1.807) is 0 Å². The maximum absolute atomic E-state index is 7.12. The van der Waals surface area contributed by atoms with Crippen LogP contribution in [-0.4, -0.2) is 4.57 Å². The molecular weight excluding hydrogens is 672 g/mol. The zero-order chi connectivity index (χ0) is 34.6. The van der Waals surface area contributed by atoms with Gasteiger partial charge in [-0.15, -0.1) is 11.3 Å². The third kappa shape index (κ3) is 5.01. The molecule has 0 aliphatic rings. The minimum atomic E-state index is 0.690. The Morgan fingerprint density at radius 3 is 1.77 bits per heavy atom. The van der Waals surface area contributed by atoms with Crippen molar-refractivity contribution in [3.8, 4) is 27.9 Å². The number of anilines is 3. The topological polar surface area (TPSA) is 8.17 Å². The summed E-state index contributed by atoms with van der Waals surface area (Å²) in [7, 11) is 0. The minimum Gasteiger partial charge on any atom is -0.310 e. The van der Waals surface area contributed by atoms with Crippen molar-refractivity contribution >= 4 is 82.0 Å². The molecule has 4 heteroatoms. The first-order valence-electron chi connectivity index (χ1n) is 17.5. The van der Waals surface area contributed by atoms with Crippen LogP contribution in [0.2, 0.25) is 5.02 Å². The van der Waals surface area contributed by atoms with Gasteiger partial charge in [0.05, 0.1) is 11.0 Å². The summed E-state index contributed by atoms with van der Waals surface area (Å²) in [6.45, 7) is 0. The Balaban J connectivity index is 1.33. The number of halogens is 1. The lowest BCUT2D eigenvalue weighted by Gasteiger charge is -2.26. The summed E-state index contributed by atoms with van der Waals surface area (Å²) in [5, 5.41) is 5.65. The molecule has 0 fully saturated rings. The van der Waals surface area contributed by atoms with Crippen LogP contribution >= 0.6 is 22.9 Å². The molecule has 10 rings (SSSR count). The van der Waals surface area contributed by atoms with Gasteiger partial charge in [-0.2, -0.15) is 0 Å². The molecule has 10 aromatic rings. The van der Waals surface area contributed by atoms with E-state index in [1.165, 1.54) is 58.7 Å². The monoisotopic (exact) mass is 702 g/mol. The van der Waals surface area contributed by atoms with Crippen molar-refractivity contribution in [2.75, 3.05) is 4.90 Å². The lowest BCUT2D eigenvalue weighted by Crippen LogP contribution is -2.09. The molecule has 2 heterocycles. The fourth-order valence-corrected chi connectivity index (χ4v) is 9.38. The first kappa shape index (κ1) is 30.7. The van der Waals surface area contributed by atoms with Crippen LogP contribution in [0.15, 0.2) is 188 Å². The number of nitrogens with zero attached hydrogens (tertiary/aromatic N) is 2. The Hall–Kier alpha value is -6.13. The Morgan fingerprint density at radius 1 is 0.442 bits per heavy atom. The number of benzene rings is 8. The van der Waals surface area contributed by atoms with Crippen LogP contribution in [0.1, 0.15) is 0 Å². The number of hydrogen-bond donors (Lipinski definition) is 0. The summed E-state index contributed by atoms with van der Waals surface area (Å²) in [5.41, 5.74) is 11.4. The van der Waals surface area contributed by atoms with E-state index in [2.05, 4.69) is 198 Å². The van der Waals surface area contributed by atoms with Gasteiger partial charge in [-0.05, 0) is 83.4 Å². The Bertz CT molecular complexity index is 2860. The zero-order valence-electron chi connectivity index (χ0n) is 28.1. The first-order valence-corrected chi connectivity index (χ1v) is 18.7. The van der Waals surface area contributed by atoms with Gasteiger partial charge >= 0.3 is 0 Å². The maximum Gasteiger partial charge on any atom is 0.0634 e. The van der Waals surface area contributed by atoms with E-state index in [0.717, 1.165) is 28.3 Å². The summed E-state index contributed by atoms with van der Waals surface area (Å²) in [4.78, 5) is 2.28. The highest BCUT2D eigenvalue weighted by molar-refractivity contribution is 7.27. The second-order valence-corrected chi connectivity index (χ2v) is 14.5. The molecule has 0 amide bonds. The number of rotatable bonds is 6. The number of fused-ring (bicyclic) bond motifs is 7. The normalized spacial score (nSPS) is 11.6. The van der Waals surface area contributed by atoms with E-state index in [4.69, 9.17) is 11.6 Å². The zero-order valence-corrected chi connectivity index (χ0v) is 29.7. The van der Waals surface area contributed by atoms with Crippen LogP contribution in [0.25, 0.3) is 69.9 Å². The molecule has 0 spiro atoms. The van der Waals surface area contributed by atoms with Crippen LogP contribution in [0.3, 0.4) is 0 Å². The van der Waals surface area contributed by atoms with Gasteiger partial charge in [0.15, 0.2) is 0 Å². The quantitative estimate of drug-likeness (QED) is 0.167. The predicted molar refractivity (Wildman–Crippen MR) is 224 cm³/mol. The highest BCUT2D eigenvalue weighted by atomic mass is 35.5. The molecule has 0 unspecified atom stereocenters. The second kappa shape index (κ2) is 12.6. The molecule has 0 saturated carbocycles. The van der Waals surface area contributed by atoms with E-state index in [9.17, 15) is 0 Å². The molecule has 8 aromatic carbocycles. The maximum atomic E-state index is 7.12. The molecule has 0 radical (unpaired) electrons. The van der Waals surface area contributed by atoms with E-state index in [-0.39, 0.29) is 0 Å². The lowest BCUT2D eigenvalue weighted by atomic mass is 9.97. The largest absolute Gasteiger partial charge is 0.310 e. The average molecular weight is 703 g/mol. The van der Waals surface area contributed by atoms with Gasteiger partial charge in [0.2, 0.25) is 0 Å². The van der Waals surface area contributed by atoms with Gasteiger partial charge in [0, 0.05) is 64.3 Å². The van der Waals surface area contributed by atoms with Crippen LogP contribution in [0, 0.1) is 0 Å². The van der Waals surface area contributed by atoms with E-state index in [1.807, 2.05) is 11.3 Å². The highest BCUT2D eigenvalue weighted by Gasteiger charge is 2.23. The van der Waals surface area contributed by atoms with Crippen molar-refractivity contribution in [1.29, 1.82) is 0 Å². The number of hydrogen-bond acceptors (Lipinski definition) is 2. The van der Waals surface area contributed by atoms with Gasteiger partial charge in [-0.1, -0.05) is 133 Å². The van der Waals surface area contributed by atoms with E-state index < -0.39 is 0 Å². The predicted octanol–water partition coefficient (Wildman–Crippen LogP) is 14.6. The van der Waals surface area contributed by atoms with Crippen LogP contribution in [0.5, 0.6) is 0 Å². The third-order valence-corrected chi connectivity index (χ3v) is 11.5. The summed E-state index contributed by atoms with van der Waals surface area (Å²) in [5.74, 6) is 0. The molecule has 0 N–H and O–H groups in total. The van der Waals surface area contributed by atoms with Gasteiger partial charge in [-0.25, -0.2) is 0 Å². The smallest absolute Gasteiger partial charge is 0.0634 e. The van der Waals surface area contributed by atoms with Gasteiger partial charge in [-0.3, -0.25) is 0 Å². The van der Waals surface area contributed by atoms with Crippen molar-refractivity contribution in [2.45, 2.75) is 0 Å². The molecule has 2 aromatic heterocycles. The van der Waals surface area contributed by atoms with Crippen molar-refractivity contribution in [2.24, 2.45) is 0 Å². The average Bonchev–Trinajstić information content (AvgIpc) is 3.75. The number of thiophene rings is 1. The summed E-state index contributed by atoms with van der Waals surface area (Å²) >= 11 is 9.00. The minimum absolute atomic E-state index is 0.690. The van der Waals surface area contributed by atoms with Gasteiger partial charge in [0.1, 0.15) is 0 Å². The Kier molecular flexibility index (Phi) is 7.42. The second-order valence-electron chi connectivity index (χ2n) is 13.1. The standard InChI is InChI=1S/C48H31ClN2S/c49-34-28-33(29-38(30-34)50(35-18-7-2-8-19-35)36-20-9-3-10-21-36)42-31-43-40-24-13-14-27-44(40)51(37-22-11-4-12-23-37)46(43)45-41-26-15-25-39(47(41)52-48(42)45)32-16-5-1-6-17-32/h1-31H. The fourth-order valence-electron chi connectivity index (χ4n) is 7.78.